The lowest BCUT2D eigenvalue weighted by Crippen LogP contribution is -2.14. The summed E-state index contributed by atoms with van der Waals surface area (Å²) < 4.78 is 0. The minimum atomic E-state index is -0.159. The Morgan fingerprint density at radius 3 is 2.81 bits per heavy atom. The zero-order chi connectivity index (χ0) is 15.2. The normalized spacial score (nSPS) is 10.7. The molecule has 5 nitrogen and oxygen atoms in total. The molecule has 21 heavy (non-hydrogen) atoms. The molecule has 0 unspecified atom stereocenters. The van der Waals surface area contributed by atoms with Gasteiger partial charge in [-0.25, -0.2) is 9.97 Å². The zero-order valence-electron chi connectivity index (χ0n) is 12.5. The molecule has 2 heterocycles. The fourth-order valence-electron chi connectivity index (χ4n) is 1.78. The number of thiazole rings is 1. The molecule has 0 spiro atoms. The standard InChI is InChI=1S/C15H20N4OS/c1-4-5-16-13-9-11(8-12(18-13)10(2)3)14(20)19-15-17-6-7-21-15/h6-10H,4-5H2,1-3H3,(H,16,18)(H,17,19,20). The van der Waals surface area contributed by atoms with Crippen LogP contribution in [0, 0.1) is 0 Å². The second-order valence-corrected chi connectivity index (χ2v) is 5.93. The highest BCUT2D eigenvalue weighted by Gasteiger charge is 2.13. The molecular weight excluding hydrogens is 284 g/mol. The molecule has 2 rings (SSSR count). The van der Waals surface area contributed by atoms with Gasteiger partial charge in [-0.05, 0) is 24.5 Å². The third-order valence-electron chi connectivity index (χ3n) is 2.91. The van der Waals surface area contributed by atoms with Crippen LogP contribution in [0.15, 0.2) is 23.7 Å². The summed E-state index contributed by atoms with van der Waals surface area (Å²) in [4.78, 5) is 20.9. The zero-order valence-corrected chi connectivity index (χ0v) is 13.3. The van der Waals surface area contributed by atoms with E-state index in [1.807, 2.05) is 11.4 Å². The Bertz CT molecular complexity index is 596. The van der Waals surface area contributed by atoms with E-state index in [1.165, 1.54) is 11.3 Å². The number of nitrogens with zero attached hydrogens (tertiary/aromatic N) is 2. The molecule has 0 aliphatic carbocycles. The van der Waals surface area contributed by atoms with Crippen molar-refractivity contribution in [2.75, 3.05) is 17.2 Å². The maximum absolute atomic E-state index is 12.3. The molecule has 0 saturated heterocycles. The fourth-order valence-corrected chi connectivity index (χ4v) is 2.30. The molecule has 0 aliphatic heterocycles. The molecule has 1 amide bonds. The molecule has 0 radical (unpaired) electrons. The second-order valence-electron chi connectivity index (χ2n) is 5.04. The van der Waals surface area contributed by atoms with Crippen molar-refractivity contribution in [3.8, 4) is 0 Å². The lowest BCUT2D eigenvalue weighted by atomic mass is 10.1. The Labute approximate surface area is 128 Å². The average Bonchev–Trinajstić information content (AvgIpc) is 2.97. The maximum Gasteiger partial charge on any atom is 0.257 e. The predicted octanol–water partition coefficient (Wildman–Crippen LogP) is 3.74. The van der Waals surface area contributed by atoms with Crippen LogP contribution < -0.4 is 10.6 Å². The van der Waals surface area contributed by atoms with Gasteiger partial charge in [0.05, 0.1) is 0 Å². The largest absolute Gasteiger partial charge is 0.370 e. The van der Waals surface area contributed by atoms with Crippen molar-refractivity contribution in [3.05, 3.63) is 35.0 Å². The number of amides is 1. The predicted molar refractivity (Wildman–Crippen MR) is 87.2 cm³/mol. The molecule has 2 aromatic rings. The topological polar surface area (TPSA) is 66.9 Å². The Hall–Kier alpha value is -1.95. The van der Waals surface area contributed by atoms with Crippen molar-refractivity contribution < 1.29 is 4.79 Å². The van der Waals surface area contributed by atoms with E-state index in [0.29, 0.717) is 10.7 Å². The molecule has 0 fully saturated rings. The van der Waals surface area contributed by atoms with Crippen molar-refractivity contribution in [2.24, 2.45) is 0 Å². The first-order valence-corrected chi connectivity index (χ1v) is 7.94. The van der Waals surface area contributed by atoms with Gasteiger partial charge in [-0.2, -0.15) is 0 Å². The average molecular weight is 304 g/mol. The number of carbonyl (C=O) groups excluding carboxylic acids is 1. The molecule has 2 N–H and O–H groups in total. The summed E-state index contributed by atoms with van der Waals surface area (Å²) in [5, 5.41) is 8.47. The van der Waals surface area contributed by atoms with E-state index in [-0.39, 0.29) is 11.8 Å². The number of pyridine rings is 1. The van der Waals surface area contributed by atoms with Crippen molar-refractivity contribution >= 4 is 28.2 Å². The van der Waals surface area contributed by atoms with Crippen molar-refractivity contribution in [1.82, 2.24) is 9.97 Å². The fraction of sp³-hybridized carbons (Fsp3) is 0.400. The van der Waals surface area contributed by atoms with E-state index in [1.54, 1.807) is 12.3 Å². The molecule has 0 aliphatic rings. The first-order valence-electron chi connectivity index (χ1n) is 7.07. The van der Waals surface area contributed by atoms with Crippen molar-refractivity contribution in [1.29, 1.82) is 0 Å². The number of hydrogen-bond donors (Lipinski definition) is 2. The smallest absolute Gasteiger partial charge is 0.257 e. The van der Waals surface area contributed by atoms with Gasteiger partial charge >= 0.3 is 0 Å². The molecule has 0 atom stereocenters. The quantitative estimate of drug-likeness (QED) is 0.853. The lowest BCUT2D eigenvalue weighted by Gasteiger charge is -2.12. The van der Waals surface area contributed by atoms with Gasteiger partial charge < -0.3 is 5.32 Å². The van der Waals surface area contributed by atoms with Crippen LogP contribution in [0.25, 0.3) is 0 Å². The number of anilines is 2. The van der Waals surface area contributed by atoms with Gasteiger partial charge in [0.25, 0.3) is 5.91 Å². The SMILES string of the molecule is CCCNc1cc(C(=O)Nc2nccs2)cc(C(C)C)n1. The molecule has 2 aromatic heterocycles. The summed E-state index contributed by atoms with van der Waals surface area (Å²) in [5.41, 5.74) is 1.50. The minimum Gasteiger partial charge on any atom is -0.370 e. The summed E-state index contributed by atoms with van der Waals surface area (Å²) in [6.07, 6.45) is 2.68. The Balaban J connectivity index is 2.23. The highest BCUT2D eigenvalue weighted by atomic mass is 32.1. The minimum absolute atomic E-state index is 0.159. The highest BCUT2D eigenvalue weighted by molar-refractivity contribution is 7.13. The van der Waals surface area contributed by atoms with E-state index in [4.69, 9.17) is 0 Å². The maximum atomic E-state index is 12.3. The van der Waals surface area contributed by atoms with Crippen LogP contribution in [-0.4, -0.2) is 22.4 Å². The number of aromatic nitrogens is 2. The van der Waals surface area contributed by atoms with E-state index in [2.05, 4.69) is 41.4 Å². The molecular formula is C15H20N4OS. The summed E-state index contributed by atoms with van der Waals surface area (Å²) >= 11 is 1.40. The third-order valence-corrected chi connectivity index (χ3v) is 3.60. The van der Waals surface area contributed by atoms with E-state index >= 15 is 0 Å². The van der Waals surface area contributed by atoms with Crippen LogP contribution in [0.2, 0.25) is 0 Å². The Morgan fingerprint density at radius 2 is 2.19 bits per heavy atom. The number of hydrogen-bond acceptors (Lipinski definition) is 5. The van der Waals surface area contributed by atoms with Crippen LogP contribution in [0.3, 0.4) is 0 Å². The summed E-state index contributed by atoms with van der Waals surface area (Å²) in [5.74, 6) is 0.848. The third kappa shape index (κ3) is 4.26. The molecule has 112 valence electrons. The van der Waals surface area contributed by atoms with Crippen LogP contribution in [0.4, 0.5) is 10.9 Å². The van der Waals surface area contributed by atoms with E-state index in [9.17, 15) is 4.79 Å². The van der Waals surface area contributed by atoms with E-state index in [0.717, 1.165) is 24.5 Å². The van der Waals surface area contributed by atoms with Gasteiger partial charge in [0.1, 0.15) is 5.82 Å². The number of rotatable bonds is 6. The van der Waals surface area contributed by atoms with Crippen LogP contribution in [0.5, 0.6) is 0 Å². The van der Waals surface area contributed by atoms with Crippen molar-refractivity contribution in [3.63, 3.8) is 0 Å². The monoisotopic (exact) mass is 304 g/mol. The van der Waals surface area contributed by atoms with Crippen LogP contribution >= 0.6 is 11.3 Å². The molecule has 0 bridgehead atoms. The van der Waals surface area contributed by atoms with Gasteiger partial charge in [0.15, 0.2) is 5.13 Å². The van der Waals surface area contributed by atoms with Gasteiger partial charge in [-0.1, -0.05) is 20.8 Å². The van der Waals surface area contributed by atoms with Gasteiger partial charge in [0.2, 0.25) is 0 Å². The van der Waals surface area contributed by atoms with Crippen molar-refractivity contribution in [2.45, 2.75) is 33.1 Å². The highest BCUT2D eigenvalue weighted by Crippen LogP contribution is 2.19. The molecule has 0 aromatic carbocycles. The van der Waals surface area contributed by atoms with Crippen LogP contribution in [0.1, 0.15) is 49.2 Å². The molecule has 0 saturated carbocycles. The first kappa shape index (κ1) is 15.4. The van der Waals surface area contributed by atoms with Gasteiger partial charge in [0, 0.05) is 29.4 Å². The Morgan fingerprint density at radius 1 is 1.38 bits per heavy atom. The van der Waals surface area contributed by atoms with Gasteiger partial charge in [-0.3, -0.25) is 10.1 Å². The van der Waals surface area contributed by atoms with Crippen LogP contribution in [-0.2, 0) is 0 Å². The Kier molecular flexibility index (Phi) is 5.27. The summed E-state index contributed by atoms with van der Waals surface area (Å²) in [7, 11) is 0. The second kappa shape index (κ2) is 7.17. The summed E-state index contributed by atoms with van der Waals surface area (Å²) in [6.45, 7) is 7.06. The number of nitrogens with one attached hydrogen (secondary N) is 2. The van der Waals surface area contributed by atoms with E-state index < -0.39 is 0 Å². The number of carbonyl (C=O) groups is 1. The van der Waals surface area contributed by atoms with Gasteiger partial charge in [-0.15, -0.1) is 11.3 Å². The summed E-state index contributed by atoms with van der Waals surface area (Å²) in [6, 6.07) is 3.62. The lowest BCUT2D eigenvalue weighted by molar-refractivity contribution is 0.102. The first-order chi connectivity index (χ1) is 10.1. The molecule has 6 heteroatoms.